The van der Waals surface area contributed by atoms with Crippen molar-refractivity contribution in [3.63, 3.8) is 0 Å². The van der Waals surface area contributed by atoms with Crippen molar-refractivity contribution in [3.8, 4) is 0 Å². The van der Waals surface area contributed by atoms with Gasteiger partial charge in [-0.05, 0) is 129 Å². The van der Waals surface area contributed by atoms with Crippen LogP contribution in [0.3, 0.4) is 0 Å². The van der Waals surface area contributed by atoms with E-state index in [1.807, 2.05) is 30.3 Å². The van der Waals surface area contributed by atoms with E-state index in [9.17, 15) is 4.79 Å². The smallest absolute Gasteiger partial charge is 0.230 e. The van der Waals surface area contributed by atoms with Gasteiger partial charge in [-0.25, -0.2) is 0 Å². The van der Waals surface area contributed by atoms with Crippen molar-refractivity contribution < 1.29 is 4.79 Å². The number of rotatable bonds is 6. The van der Waals surface area contributed by atoms with Crippen LogP contribution < -0.4 is 4.72 Å². The molecule has 3 heteroatoms. The van der Waals surface area contributed by atoms with Gasteiger partial charge in [0.25, 0.3) is 0 Å². The molecule has 4 saturated carbocycles. The van der Waals surface area contributed by atoms with E-state index in [2.05, 4.69) is 18.6 Å². The van der Waals surface area contributed by atoms with Gasteiger partial charge in [-0.3, -0.25) is 9.52 Å². The third-order valence-electron chi connectivity index (χ3n) is 10.8. The Kier molecular flexibility index (Phi) is 6.67. The maximum Gasteiger partial charge on any atom is 0.230 e. The zero-order valence-corrected chi connectivity index (χ0v) is 21.1. The molecule has 176 valence electrons. The maximum absolute atomic E-state index is 12.4. The second-order valence-corrected chi connectivity index (χ2v) is 12.9. The molecular weight excluding hydrogens is 410 g/mol. The van der Waals surface area contributed by atoms with Gasteiger partial charge in [0.15, 0.2) is 0 Å². The summed E-state index contributed by atoms with van der Waals surface area (Å²) in [4.78, 5) is 13.5. The summed E-state index contributed by atoms with van der Waals surface area (Å²) in [5, 5.41) is 0. The number of fused-ring (bicyclic) bond motifs is 5. The number of carbonyl (C=O) groups is 1. The van der Waals surface area contributed by atoms with Crippen LogP contribution in [0.2, 0.25) is 0 Å². The molecule has 0 heterocycles. The van der Waals surface area contributed by atoms with Crippen molar-refractivity contribution in [2.24, 2.45) is 40.4 Å². The van der Waals surface area contributed by atoms with E-state index in [4.69, 9.17) is 0 Å². The van der Waals surface area contributed by atoms with E-state index < -0.39 is 0 Å². The summed E-state index contributed by atoms with van der Waals surface area (Å²) < 4.78 is 3.04. The lowest BCUT2D eigenvalue weighted by atomic mass is 9.45. The first-order chi connectivity index (χ1) is 15.5. The molecule has 0 spiro atoms. The van der Waals surface area contributed by atoms with Crippen LogP contribution in [0.5, 0.6) is 0 Å². The van der Waals surface area contributed by atoms with Gasteiger partial charge in [0.05, 0.1) is 0 Å². The van der Waals surface area contributed by atoms with Crippen molar-refractivity contribution in [2.45, 2.75) is 102 Å². The molecule has 2 nitrogen and oxygen atoms in total. The summed E-state index contributed by atoms with van der Waals surface area (Å²) in [5.74, 6) is 4.98. The van der Waals surface area contributed by atoms with Crippen molar-refractivity contribution in [3.05, 3.63) is 30.3 Å². The molecule has 1 N–H and O–H groups in total. The average molecular weight is 454 g/mol. The lowest BCUT2D eigenvalue weighted by molar-refractivity contribution is -0.119. The highest BCUT2D eigenvalue weighted by molar-refractivity contribution is 7.98. The molecule has 1 amide bonds. The van der Waals surface area contributed by atoms with E-state index in [-0.39, 0.29) is 5.91 Å². The highest BCUT2D eigenvalue weighted by Crippen LogP contribution is 2.67. The number of benzene rings is 1. The molecule has 0 radical (unpaired) electrons. The Labute approximate surface area is 200 Å². The molecule has 7 unspecified atom stereocenters. The van der Waals surface area contributed by atoms with Gasteiger partial charge < -0.3 is 0 Å². The molecule has 7 atom stereocenters. The molecule has 0 saturated heterocycles. The third kappa shape index (κ3) is 4.17. The fourth-order valence-corrected chi connectivity index (χ4v) is 9.67. The summed E-state index contributed by atoms with van der Waals surface area (Å²) in [5.41, 5.74) is 1.18. The van der Waals surface area contributed by atoms with Crippen LogP contribution in [0.25, 0.3) is 0 Å². The third-order valence-corrected chi connectivity index (χ3v) is 11.6. The van der Waals surface area contributed by atoms with Gasteiger partial charge in [0, 0.05) is 11.3 Å². The number of hydrogen-bond acceptors (Lipinski definition) is 2. The van der Waals surface area contributed by atoms with Crippen LogP contribution in [-0.4, -0.2) is 5.91 Å². The van der Waals surface area contributed by atoms with Crippen LogP contribution in [0.4, 0.5) is 0 Å². The summed E-state index contributed by atoms with van der Waals surface area (Å²) in [7, 11) is 0. The Morgan fingerprint density at radius 2 is 1.75 bits per heavy atom. The summed E-state index contributed by atoms with van der Waals surface area (Å²) in [6.07, 6.45) is 17.7. The Morgan fingerprint density at radius 1 is 0.938 bits per heavy atom. The minimum absolute atomic E-state index is 0.186. The first-order valence-electron chi connectivity index (χ1n) is 13.5. The van der Waals surface area contributed by atoms with Gasteiger partial charge in [-0.1, -0.05) is 44.9 Å². The first-order valence-corrected chi connectivity index (χ1v) is 14.3. The molecule has 4 fully saturated rings. The summed E-state index contributed by atoms with van der Waals surface area (Å²) in [6.45, 7) is 5.33. The molecule has 5 rings (SSSR count). The van der Waals surface area contributed by atoms with E-state index in [0.717, 1.165) is 40.9 Å². The highest BCUT2D eigenvalue weighted by Gasteiger charge is 2.59. The van der Waals surface area contributed by atoms with Crippen LogP contribution in [-0.2, 0) is 4.79 Å². The number of carbonyl (C=O) groups excluding carboxylic acids is 1. The average Bonchev–Trinajstić information content (AvgIpc) is 3.14. The molecule has 4 aliphatic carbocycles. The summed E-state index contributed by atoms with van der Waals surface area (Å²) in [6, 6.07) is 10.1. The van der Waals surface area contributed by atoms with Gasteiger partial charge in [-0.2, -0.15) is 0 Å². The van der Waals surface area contributed by atoms with Crippen LogP contribution in [0, 0.1) is 40.4 Å². The number of nitrogens with one attached hydrogen (secondary N) is 1. The first kappa shape index (κ1) is 22.8. The largest absolute Gasteiger partial charge is 0.296 e. The Balaban J connectivity index is 1.14. The minimum atomic E-state index is 0.186. The molecule has 1 aromatic carbocycles. The fraction of sp³-hybridized carbons (Fsp3) is 0.759. The molecule has 0 aromatic heterocycles. The molecule has 32 heavy (non-hydrogen) atoms. The molecule has 4 aliphatic rings. The van der Waals surface area contributed by atoms with Gasteiger partial charge >= 0.3 is 0 Å². The quantitative estimate of drug-likeness (QED) is 0.442. The second-order valence-electron chi connectivity index (χ2n) is 12.1. The highest BCUT2D eigenvalue weighted by atomic mass is 32.2. The normalized spacial score (nSPS) is 40.8. The lowest BCUT2D eigenvalue weighted by Crippen LogP contribution is -2.52. The lowest BCUT2D eigenvalue weighted by Gasteiger charge is -2.60. The topological polar surface area (TPSA) is 29.1 Å². The van der Waals surface area contributed by atoms with Gasteiger partial charge in [-0.15, -0.1) is 0 Å². The second kappa shape index (κ2) is 9.35. The minimum Gasteiger partial charge on any atom is -0.296 e. The Morgan fingerprint density at radius 3 is 2.59 bits per heavy atom. The van der Waals surface area contributed by atoms with E-state index >= 15 is 0 Å². The van der Waals surface area contributed by atoms with Crippen LogP contribution in [0.15, 0.2) is 35.2 Å². The molecule has 0 aliphatic heterocycles. The molecule has 0 bridgehead atoms. The SMILES string of the molecule is CC12CCCCC1CCC1C2CCC2(C)C(CCCC(=O)NSc3ccccc3)CCC12. The predicted molar refractivity (Wildman–Crippen MR) is 134 cm³/mol. The Bertz CT molecular complexity index is 796. The Hall–Kier alpha value is -0.960. The van der Waals surface area contributed by atoms with Crippen molar-refractivity contribution in [1.82, 2.24) is 4.72 Å². The van der Waals surface area contributed by atoms with Crippen LogP contribution >= 0.6 is 11.9 Å². The monoisotopic (exact) mass is 453 g/mol. The van der Waals surface area contributed by atoms with Crippen molar-refractivity contribution in [2.75, 3.05) is 0 Å². The fourth-order valence-electron chi connectivity index (χ4n) is 9.04. The molecule has 1 aromatic rings. The van der Waals surface area contributed by atoms with Gasteiger partial charge in [0.2, 0.25) is 5.91 Å². The summed E-state index contributed by atoms with van der Waals surface area (Å²) >= 11 is 1.45. The standard InChI is InChI=1S/C29H43NOS/c1-28-19-7-6-9-21(28)14-16-24-25-17-15-22(29(25,2)20-18-26(24)28)10-8-13-27(31)30-32-23-11-4-3-5-12-23/h3-5,11-12,21-22,24-26H,6-10,13-20H2,1-2H3,(H,30,31). The van der Waals surface area contributed by atoms with Crippen molar-refractivity contribution >= 4 is 17.9 Å². The number of hydrogen-bond donors (Lipinski definition) is 1. The number of amides is 1. The van der Waals surface area contributed by atoms with E-state index in [1.54, 1.807) is 0 Å². The van der Waals surface area contributed by atoms with Crippen molar-refractivity contribution in [1.29, 1.82) is 0 Å². The van der Waals surface area contributed by atoms with E-state index in [1.165, 1.54) is 82.6 Å². The van der Waals surface area contributed by atoms with Gasteiger partial charge in [0.1, 0.15) is 0 Å². The zero-order valence-electron chi connectivity index (χ0n) is 20.3. The maximum atomic E-state index is 12.4. The van der Waals surface area contributed by atoms with Crippen LogP contribution in [0.1, 0.15) is 97.3 Å². The molecular formula is C29H43NOS. The zero-order chi connectivity index (χ0) is 22.2. The predicted octanol–water partition coefficient (Wildman–Crippen LogP) is 8.03. The van der Waals surface area contributed by atoms with E-state index in [0.29, 0.717) is 17.3 Å².